The van der Waals surface area contributed by atoms with E-state index in [0.29, 0.717) is 12.3 Å². The van der Waals surface area contributed by atoms with Gasteiger partial charge >= 0.3 is 0 Å². The molecule has 2 rings (SSSR count). The lowest BCUT2D eigenvalue weighted by molar-refractivity contribution is -0.142. The van der Waals surface area contributed by atoms with Crippen LogP contribution in [0, 0.1) is 13.8 Å². The molecule has 0 aliphatic rings. The average Bonchev–Trinajstić information content (AvgIpc) is 2.62. The third-order valence-corrected chi connectivity index (χ3v) is 4.71. The molecule has 0 radical (unpaired) electrons. The number of rotatable bonds is 7. The van der Waals surface area contributed by atoms with Gasteiger partial charge in [-0.25, -0.2) is 0 Å². The monoisotopic (exact) mass is 432 g/mol. The summed E-state index contributed by atoms with van der Waals surface area (Å²) in [4.78, 5) is 26.5. The highest BCUT2D eigenvalue weighted by Crippen LogP contribution is 2.18. The molecule has 2 aromatic carbocycles. The van der Waals surface area contributed by atoms with E-state index < -0.39 is 6.04 Å². The number of amides is 2. The van der Waals surface area contributed by atoms with Crippen molar-refractivity contribution in [3.8, 4) is 5.75 Å². The fourth-order valence-corrected chi connectivity index (χ4v) is 3.31. The molecule has 2 aromatic rings. The van der Waals surface area contributed by atoms with Gasteiger partial charge in [-0.05, 0) is 61.7 Å². The number of hydrogen-bond acceptors (Lipinski definition) is 3. The topological polar surface area (TPSA) is 58.6 Å². The number of carbonyl (C=O) groups is 2. The molecule has 144 valence electrons. The normalized spacial score (nSPS) is 11.6. The summed E-state index contributed by atoms with van der Waals surface area (Å²) in [5.74, 6) is 0.186. The first-order chi connectivity index (χ1) is 12.8. The summed E-state index contributed by atoms with van der Waals surface area (Å²) in [6.07, 6.45) is 0. The molecule has 0 aliphatic heterocycles. The summed E-state index contributed by atoms with van der Waals surface area (Å²) < 4.78 is 6.63. The van der Waals surface area contributed by atoms with Gasteiger partial charge in [0.25, 0.3) is 5.91 Å². The van der Waals surface area contributed by atoms with Gasteiger partial charge in [-0.15, -0.1) is 0 Å². The van der Waals surface area contributed by atoms with Crippen LogP contribution in [-0.4, -0.2) is 36.4 Å². The van der Waals surface area contributed by atoms with Crippen LogP contribution in [0.3, 0.4) is 0 Å². The molecule has 0 bridgehead atoms. The van der Waals surface area contributed by atoms with Gasteiger partial charge in [0.15, 0.2) is 6.61 Å². The molecular weight excluding hydrogens is 408 g/mol. The Hall–Kier alpha value is -2.34. The van der Waals surface area contributed by atoms with Gasteiger partial charge in [-0.2, -0.15) is 0 Å². The van der Waals surface area contributed by atoms with Crippen LogP contribution in [0.15, 0.2) is 46.9 Å². The summed E-state index contributed by atoms with van der Waals surface area (Å²) in [7, 11) is 1.56. The second-order valence-corrected chi connectivity index (χ2v) is 7.47. The first kappa shape index (κ1) is 21.0. The molecule has 0 fully saturated rings. The molecule has 2 amide bonds. The van der Waals surface area contributed by atoms with Crippen molar-refractivity contribution in [2.24, 2.45) is 0 Å². The van der Waals surface area contributed by atoms with E-state index in [1.165, 1.54) is 4.90 Å². The van der Waals surface area contributed by atoms with Gasteiger partial charge in [0.05, 0.1) is 0 Å². The first-order valence-corrected chi connectivity index (χ1v) is 9.56. The first-order valence-electron chi connectivity index (χ1n) is 8.76. The Morgan fingerprint density at radius 2 is 1.81 bits per heavy atom. The summed E-state index contributed by atoms with van der Waals surface area (Å²) >= 11 is 3.44. The van der Waals surface area contributed by atoms with Crippen molar-refractivity contribution in [2.75, 3.05) is 13.7 Å². The van der Waals surface area contributed by atoms with E-state index in [0.717, 1.165) is 21.2 Å². The fraction of sp³-hybridized carbons (Fsp3) is 0.333. The SMILES string of the molecule is CNC(=O)C(C)N(Cc1cccc(Br)c1)C(=O)COc1cc(C)cc(C)c1. The van der Waals surface area contributed by atoms with E-state index in [2.05, 4.69) is 21.2 Å². The Morgan fingerprint density at radius 1 is 1.15 bits per heavy atom. The molecule has 0 heterocycles. The van der Waals surface area contributed by atoms with Crippen molar-refractivity contribution in [1.82, 2.24) is 10.2 Å². The van der Waals surface area contributed by atoms with Crippen molar-refractivity contribution >= 4 is 27.7 Å². The van der Waals surface area contributed by atoms with E-state index in [1.54, 1.807) is 14.0 Å². The smallest absolute Gasteiger partial charge is 0.261 e. The molecule has 0 aliphatic carbocycles. The highest BCUT2D eigenvalue weighted by Gasteiger charge is 2.25. The van der Waals surface area contributed by atoms with Gasteiger partial charge in [0.2, 0.25) is 5.91 Å². The molecule has 1 unspecified atom stereocenters. The number of nitrogens with one attached hydrogen (secondary N) is 1. The van der Waals surface area contributed by atoms with Crippen LogP contribution in [0.2, 0.25) is 0 Å². The molecule has 0 saturated heterocycles. The van der Waals surface area contributed by atoms with Crippen LogP contribution < -0.4 is 10.1 Å². The second-order valence-electron chi connectivity index (χ2n) is 6.55. The highest BCUT2D eigenvalue weighted by atomic mass is 79.9. The Bertz CT molecular complexity index is 803. The number of halogens is 1. The van der Waals surface area contributed by atoms with Crippen LogP contribution in [0.5, 0.6) is 5.75 Å². The Morgan fingerprint density at radius 3 is 2.41 bits per heavy atom. The maximum atomic E-state index is 12.8. The van der Waals surface area contributed by atoms with Crippen molar-refractivity contribution in [3.05, 3.63) is 63.6 Å². The zero-order chi connectivity index (χ0) is 20.0. The molecule has 1 N–H and O–H groups in total. The lowest BCUT2D eigenvalue weighted by Crippen LogP contribution is -2.48. The van der Waals surface area contributed by atoms with E-state index in [9.17, 15) is 9.59 Å². The largest absolute Gasteiger partial charge is 0.484 e. The molecule has 0 saturated carbocycles. The predicted octanol–water partition coefficient (Wildman–Crippen LogP) is 3.61. The quantitative estimate of drug-likeness (QED) is 0.726. The van der Waals surface area contributed by atoms with Gasteiger partial charge < -0.3 is 15.0 Å². The van der Waals surface area contributed by atoms with Crippen molar-refractivity contribution < 1.29 is 14.3 Å². The zero-order valence-corrected chi connectivity index (χ0v) is 17.7. The van der Waals surface area contributed by atoms with Gasteiger partial charge in [0.1, 0.15) is 11.8 Å². The fourth-order valence-electron chi connectivity index (χ4n) is 2.87. The summed E-state index contributed by atoms with van der Waals surface area (Å²) in [5, 5.41) is 2.60. The van der Waals surface area contributed by atoms with E-state index in [1.807, 2.05) is 56.3 Å². The molecule has 5 nitrogen and oxygen atoms in total. The van der Waals surface area contributed by atoms with Crippen LogP contribution in [0.25, 0.3) is 0 Å². The molecule has 0 spiro atoms. The second kappa shape index (κ2) is 9.55. The number of hydrogen-bond donors (Lipinski definition) is 1. The third-order valence-electron chi connectivity index (χ3n) is 4.21. The molecule has 0 aromatic heterocycles. The lowest BCUT2D eigenvalue weighted by atomic mass is 10.1. The van der Waals surface area contributed by atoms with Crippen molar-refractivity contribution in [3.63, 3.8) is 0 Å². The minimum atomic E-state index is -0.607. The number of carbonyl (C=O) groups excluding carboxylic acids is 2. The summed E-state index contributed by atoms with van der Waals surface area (Å²) in [6, 6.07) is 12.9. The Balaban J connectivity index is 2.15. The average molecular weight is 433 g/mol. The van der Waals surface area contributed by atoms with Crippen LogP contribution in [0.1, 0.15) is 23.6 Å². The highest BCUT2D eigenvalue weighted by molar-refractivity contribution is 9.10. The summed E-state index contributed by atoms with van der Waals surface area (Å²) in [5.41, 5.74) is 3.07. The number of likely N-dealkylation sites (N-methyl/N-ethyl adjacent to an activating group) is 1. The van der Waals surface area contributed by atoms with Gasteiger partial charge in [-0.1, -0.05) is 34.1 Å². The number of aryl methyl sites for hydroxylation is 2. The Kier molecular flexibility index (Phi) is 7.42. The third kappa shape index (κ3) is 6.10. The number of benzene rings is 2. The van der Waals surface area contributed by atoms with Crippen LogP contribution in [-0.2, 0) is 16.1 Å². The molecule has 27 heavy (non-hydrogen) atoms. The van der Waals surface area contributed by atoms with E-state index >= 15 is 0 Å². The van der Waals surface area contributed by atoms with Crippen molar-refractivity contribution in [2.45, 2.75) is 33.4 Å². The van der Waals surface area contributed by atoms with E-state index in [-0.39, 0.29) is 18.4 Å². The number of ether oxygens (including phenoxy) is 1. The van der Waals surface area contributed by atoms with Gasteiger partial charge in [0, 0.05) is 18.1 Å². The standard InChI is InChI=1S/C21H25BrN2O3/c1-14-8-15(2)10-19(9-14)27-13-20(25)24(16(3)21(26)23-4)12-17-6-5-7-18(22)11-17/h5-11,16H,12-13H2,1-4H3,(H,23,26). The van der Waals surface area contributed by atoms with E-state index in [4.69, 9.17) is 4.74 Å². The zero-order valence-electron chi connectivity index (χ0n) is 16.1. The molecule has 6 heteroatoms. The molecular formula is C21H25BrN2O3. The minimum absolute atomic E-state index is 0.127. The Labute approximate surface area is 168 Å². The summed E-state index contributed by atoms with van der Waals surface area (Å²) in [6.45, 7) is 5.87. The molecule has 1 atom stereocenters. The minimum Gasteiger partial charge on any atom is -0.484 e. The number of nitrogens with zero attached hydrogens (tertiary/aromatic N) is 1. The van der Waals surface area contributed by atoms with Crippen molar-refractivity contribution in [1.29, 1.82) is 0 Å². The lowest BCUT2D eigenvalue weighted by Gasteiger charge is -2.28. The van der Waals surface area contributed by atoms with Crippen LogP contribution >= 0.6 is 15.9 Å². The van der Waals surface area contributed by atoms with Gasteiger partial charge in [-0.3, -0.25) is 9.59 Å². The maximum absolute atomic E-state index is 12.8. The maximum Gasteiger partial charge on any atom is 0.261 e. The predicted molar refractivity (Wildman–Crippen MR) is 110 cm³/mol. The van der Waals surface area contributed by atoms with Crippen LogP contribution in [0.4, 0.5) is 0 Å².